The molecule has 0 aromatic rings. The van der Waals surface area contributed by atoms with Crippen LogP contribution in [0.5, 0.6) is 0 Å². The van der Waals surface area contributed by atoms with Crippen molar-refractivity contribution in [3.63, 3.8) is 0 Å². The summed E-state index contributed by atoms with van der Waals surface area (Å²) in [6, 6.07) is 0. The van der Waals surface area contributed by atoms with Crippen molar-refractivity contribution in [2.45, 2.75) is 12.8 Å². The Morgan fingerprint density at radius 1 is 1.11 bits per heavy atom. The van der Waals surface area contributed by atoms with E-state index in [0.717, 1.165) is 12.6 Å². The number of carbonyl (C=O) groups excluding carboxylic acids is 2. The van der Waals surface area contributed by atoms with E-state index in [-0.39, 0.29) is 0 Å². The molecule has 0 bridgehead atoms. The maximum absolute atomic E-state index is 9.40. The molecule has 0 aliphatic heterocycles. The summed E-state index contributed by atoms with van der Waals surface area (Å²) in [7, 11) is 3.25. The molecule has 0 atom stereocenters. The minimum Gasteiger partial charge on any atom is -0.388 e. The molecule has 0 radical (unpaired) electrons. The maximum atomic E-state index is 9.40. The topological polar surface area (TPSA) is 43.4 Å². The second kappa shape index (κ2) is 15.7. The Hall–Kier alpha value is -0.700. The van der Waals surface area contributed by atoms with Gasteiger partial charge in [-0.1, -0.05) is 0 Å². The Labute approximate surface area is 55.0 Å². The lowest BCUT2D eigenvalue weighted by molar-refractivity contribution is -0.112. The average molecular weight is 132 g/mol. The number of hydrogen-bond donors (Lipinski definition) is 0. The summed E-state index contributed by atoms with van der Waals surface area (Å²) in [4.78, 5) is 18.8. The monoisotopic (exact) mass is 132 g/mol. The van der Waals surface area contributed by atoms with Crippen molar-refractivity contribution < 1.29 is 14.3 Å². The van der Waals surface area contributed by atoms with Crippen LogP contribution in [0.2, 0.25) is 0 Å². The van der Waals surface area contributed by atoms with Crippen LogP contribution in [-0.2, 0) is 14.3 Å². The van der Waals surface area contributed by atoms with Crippen LogP contribution >= 0.6 is 0 Å². The lowest BCUT2D eigenvalue weighted by atomic mass is 10.4. The van der Waals surface area contributed by atoms with Gasteiger partial charge in [-0.2, -0.15) is 0 Å². The highest BCUT2D eigenvalue weighted by Gasteiger charge is 1.74. The standard InChI is InChI=1S/C4H6O2.C2H6O/c5-3-1-2-4-6;1-3-2/h3-4H,1-2H2;1-2H3. The van der Waals surface area contributed by atoms with Crippen molar-refractivity contribution in [3.05, 3.63) is 0 Å². The van der Waals surface area contributed by atoms with E-state index in [1.165, 1.54) is 0 Å². The summed E-state index contributed by atoms with van der Waals surface area (Å²) in [5.74, 6) is 0. The lowest BCUT2D eigenvalue weighted by Gasteiger charge is -1.68. The maximum Gasteiger partial charge on any atom is 0.120 e. The van der Waals surface area contributed by atoms with E-state index < -0.39 is 0 Å². The highest BCUT2D eigenvalue weighted by Crippen LogP contribution is 1.72. The predicted molar refractivity (Wildman–Crippen MR) is 34.3 cm³/mol. The molecule has 0 aliphatic rings. The van der Waals surface area contributed by atoms with Gasteiger partial charge in [-0.05, 0) is 0 Å². The molecule has 0 heterocycles. The molecule has 3 nitrogen and oxygen atoms in total. The van der Waals surface area contributed by atoms with Crippen LogP contribution in [0.25, 0.3) is 0 Å². The zero-order chi connectivity index (χ0) is 7.54. The molecule has 9 heavy (non-hydrogen) atoms. The zero-order valence-electron chi connectivity index (χ0n) is 5.79. The van der Waals surface area contributed by atoms with Gasteiger partial charge in [0.25, 0.3) is 0 Å². The molecule has 0 aliphatic carbocycles. The third kappa shape index (κ3) is 38.8. The molecule has 0 rings (SSSR count). The van der Waals surface area contributed by atoms with E-state index in [2.05, 4.69) is 4.74 Å². The van der Waals surface area contributed by atoms with Gasteiger partial charge >= 0.3 is 0 Å². The van der Waals surface area contributed by atoms with Gasteiger partial charge in [0.2, 0.25) is 0 Å². The van der Waals surface area contributed by atoms with E-state index in [4.69, 9.17) is 0 Å². The second-order valence-electron chi connectivity index (χ2n) is 1.32. The smallest absolute Gasteiger partial charge is 0.120 e. The van der Waals surface area contributed by atoms with Gasteiger partial charge < -0.3 is 14.3 Å². The van der Waals surface area contributed by atoms with Gasteiger partial charge in [0.1, 0.15) is 12.6 Å². The molecule has 0 spiro atoms. The molecule has 0 aromatic heterocycles. The lowest BCUT2D eigenvalue weighted by Crippen LogP contribution is -1.73. The number of hydrogen-bond acceptors (Lipinski definition) is 3. The van der Waals surface area contributed by atoms with Crippen LogP contribution in [-0.4, -0.2) is 26.8 Å². The summed E-state index contributed by atoms with van der Waals surface area (Å²) < 4.78 is 4.25. The first-order chi connectivity index (χ1) is 4.33. The van der Waals surface area contributed by atoms with Crippen molar-refractivity contribution in [2.75, 3.05) is 14.2 Å². The molecule has 0 saturated heterocycles. The summed E-state index contributed by atoms with van der Waals surface area (Å²) in [6.45, 7) is 0. The quantitative estimate of drug-likeness (QED) is 0.413. The Morgan fingerprint density at radius 3 is 1.44 bits per heavy atom. The molecular weight excluding hydrogens is 120 g/mol. The summed E-state index contributed by atoms with van der Waals surface area (Å²) in [6.07, 6.45) is 2.19. The molecule has 3 heteroatoms. The molecule has 0 fully saturated rings. The fourth-order valence-corrected chi connectivity index (χ4v) is 0.136. The molecule has 0 aromatic carbocycles. The van der Waals surface area contributed by atoms with E-state index >= 15 is 0 Å². The van der Waals surface area contributed by atoms with Gasteiger partial charge in [0.15, 0.2) is 0 Å². The Balaban J connectivity index is 0. The average Bonchev–Trinajstić information content (AvgIpc) is 1.86. The van der Waals surface area contributed by atoms with E-state index in [9.17, 15) is 9.59 Å². The number of methoxy groups -OCH3 is 1. The first kappa shape index (κ1) is 11.1. The van der Waals surface area contributed by atoms with E-state index in [1.54, 1.807) is 14.2 Å². The minimum absolute atomic E-state index is 0.365. The van der Waals surface area contributed by atoms with Crippen LogP contribution < -0.4 is 0 Å². The van der Waals surface area contributed by atoms with Gasteiger partial charge in [0.05, 0.1) is 0 Å². The van der Waals surface area contributed by atoms with Crippen LogP contribution in [0.4, 0.5) is 0 Å². The Morgan fingerprint density at radius 2 is 1.33 bits per heavy atom. The van der Waals surface area contributed by atoms with Crippen molar-refractivity contribution in [3.8, 4) is 0 Å². The van der Waals surface area contributed by atoms with Crippen molar-refractivity contribution in [2.24, 2.45) is 0 Å². The third-order valence-electron chi connectivity index (χ3n) is 0.402. The summed E-state index contributed by atoms with van der Waals surface area (Å²) in [5, 5.41) is 0. The normalized spacial score (nSPS) is 6.89. The number of carbonyl (C=O) groups is 2. The first-order valence-corrected chi connectivity index (χ1v) is 2.60. The third-order valence-corrected chi connectivity index (χ3v) is 0.402. The highest BCUT2D eigenvalue weighted by molar-refractivity contribution is 5.58. The Kier molecular flexibility index (Phi) is 19.4. The van der Waals surface area contributed by atoms with Crippen LogP contribution in [0.3, 0.4) is 0 Å². The van der Waals surface area contributed by atoms with Crippen molar-refractivity contribution >= 4 is 12.6 Å². The fraction of sp³-hybridized carbons (Fsp3) is 0.667. The number of ether oxygens (including phenoxy) is 1. The second-order valence-corrected chi connectivity index (χ2v) is 1.32. The van der Waals surface area contributed by atoms with Gasteiger partial charge in [-0.15, -0.1) is 0 Å². The summed E-state index contributed by atoms with van der Waals surface area (Å²) >= 11 is 0. The van der Waals surface area contributed by atoms with Gasteiger partial charge in [-0.25, -0.2) is 0 Å². The molecule has 54 valence electrons. The molecule has 0 unspecified atom stereocenters. The summed E-state index contributed by atoms with van der Waals surface area (Å²) in [5.41, 5.74) is 0. The van der Waals surface area contributed by atoms with Gasteiger partial charge in [0, 0.05) is 27.1 Å². The largest absolute Gasteiger partial charge is 0.388 e. The number of rotatable bonds is 3. The fourth-order valence-electron chi connectivity index (χ4n) is 0.136. The Bertz CT molecular complexity index is 53.3. The van der Waals surface area contributed by atoms with Crippen molar-refractivity contribution in [1.82, 2.24) is 0 Å². The first-order valence-electron chi connectivity index (χ1n) is 2.60. The van der Waals surface area contributed by atoms with Crippen LogP contribution in [0, 0.1) is 0 Å². The van der Waals surface area contributed by atoms with E-state index in [0.29, 0.717) is 12.8 Å². The molecule has 0 N–H and O–H groups in total. The molecule has 0 amide bonds. The van der Waals surface area contributed by atoms with E-state index in [1.807, 2.05) is 0 Å². The zero-order valence-corrected chi connectivity index (χ0v) is 5.79. The highest BCUT2D eigenvalue weighted by atomic mass is 16.4. The SMILES string of the molecule is COC.O=CCCC=O. The van der Waals surface area contributed by atoms with Gasteiger partial charge in [-0.3, -0.25) is 0 Å². The predicted octanol–water partition coefficient (Wildman–Crippen LogP) is 0.427. The van der Waals surface area contributed by atoms with Crippen LogP contribution in [0.1, 0.15) is 12.8 Å². The van der Waals surface area contributed by atoms with Crippen LogP contribution in [0.15, 0.2) is 0 Å². The number of unbranched alkanes of at least 4 members (excludes halogenated alkanes) is 1. The minimum atomic E-state index is 0.365. The molecule has 0 saturated carbocycles. The molecular formula is C6H12O3. The number of aldehydes is 2. The van der Waals surface area contributed by atoms with Crippen molar-refractivity contribution in [1.29, 1.82) is 0 Å².